The molecule has 0 spiro atoms. The van der Waals surface area contributed by atoms with Crippen LogP contribution in [0.25, 0.3) is 0 Å². The Balaban J connectivity index is 1.02. The fourth-order valence-electron chi connectivity index (χ4n) is 13.7. The fourth-order valence-corrected chi connectivity index (χ4v) is 13.7. The van der Waals surface area contributed by atoms with Crippen molar-refractivity contribution in [1.29, 1.82) is 0 Å². The van der Waals surface area contributed by atoms with Crippen LogP contribution in [-0.2, 0) is 0 Å². The molecule has 1 nitrogen and oxygen atoms in total. The predicted octanol–water partition coefficient (Wildman–Crippen LogP) is 13.0. The third-order valence-electron chi connectivity index (χ3n) is 15.4. The van der Waals surface area contributed by atoms with Gasteiger partial charge < -0.3 is 4.90 Å². The molecule has 0 fully saturated rings. The largest absolute Gasteiger partial charge is 0.310 e. The second-order valence-corrected chi connectivity index (χ2v) is 17.6. The van der Waals surface area contributed by atoms with Gasteiger partial charge >= 0.3 is 0 Å². The van der Waals surface area contributed by atoms with Gasteiger partial charge in [-0.05, 0) is 110 Å². The van der Waals surface area contributed by atoms with Crippen molar-refractivity contribution >= 4 is 17.1 Å². The Bertz CT molecular complexity index is 2590. The number of hydrogen-bond acceptors (Lipinski definition) is 1. The Morgan fingerprint density at radius 2 is 0.574 bits per heavy atom. The van der Waals surface area contributed by atoms with Crippen molar-refractivity contribution in [2.75, 3.05) is 4.90 Å². The monoisotopic (exact) mass is 691 g/mol. The lowest BCUT2D eigenvalue weighted by molar-refractivity contribution is 0.288. The molecule has 1 heteroatoms. The number of fused-ring (bicyclic) bond motifs is 18. The minimum Gasteiger partial charge on any atom is -0.310 e. The first-order valence-electron chi connectivity index (χ1n) is 20.0. The summed E-state index contributed by atoms with van der Waals surface area (Å²) in [5, 5.41) is 0. The molecular formula is C53H41N. The number of hydrogen-bond donors (Lipinski definition) is 0. The molecule has 0 aliphatic heterocycles. The van der Waals surface area contributed by atoms with E-state index in [9.17, 15) is 0 Å². The topological polar surface area (TPSA) is 3.24 Å². The van der Waals surface area contributed by atoms with E-state index in [1.807, 2.05) is 0 Å². The maximum Gasteiger partial charge on any atom is 0.0464 e. The molecule has 0 radical (unpaired) electrons. The third-order valence-corrected chi connectivity index (χ3v) is 15.4. The van der Waals surface area contributed by atoms with Crippen molar-refractivity contribution in [3.8, 4) is 0 Å². The van der Waals surface area contributed by atoms with Crippen molar-refractivity contribution < 1.29 is 0 Å². The van der Waals surface area contributed by atoms with Gasteiger partial charge in [0.2, 0.25) is 0 Å². The lowest BCUT2D eigenvalue weighted by Gasteiger charge is -2.31. The summed E-state index contributed by atoms with van der Waals surface area (Å²) in [6.45, 7) is 7.37. The van der Waals surface area contributed by atoms with Crippen LogP contribution in [0.3, 0.4) is 0 Å². The van der Waals surface area contributed by atoms with Crippen LogP contribution in [0.1, 0.15) is 122 Å². The zero-order valence-electron chi connectivity index (χ0n) is 30.9. The van der Waals surface area contributed by atoms with Gasteiger partial charge in [-0.2, -0.15) is 0 Å². The Morgan fingerprint density at radius 1 is 0.315 bits per heavy atom. The average molecular weight is 692 g/mol. The van der Waals surface area contributed by atoms with Crippen molar-refractivity contribution in [3.05, 3.63) is 230 Å². The van der Waals surface area contributed by atoms with Crippen molar-refractivity contribution in [2.45, 2.75) is 56.3 Å². The summed E-state index contributed by atoms with van der Waals surface area (Å²) in [7, 11) is 0. The van der Waals surface area contributed by atoms with Crippen LogP contribution in [0.5, 0.6) is 0 Å². The van der Waals surface area contributed by atoms with Gasteiger partial charge in [0, 0.05) is 63.4 Å². The van der Waals surface area contributed by atoms with E-state index in [-0.39, 0.29) is 10.8 Å². The number of aryl methyl sites for hydroxylation is 1. The summed E-state index contributed by atoms with van der Waals surface area (Å²) in [5.41, 5.74) is 23.4. The zero-order valence-corrected chi connectivity index (χ0v) is 30.9. The summed E-state index contributed by atoms with van der Waals surface area (Å²) < 4.78 is 0. The summed E-state index contributed by atoms with van der Waals surface area (Å²) in [6, 6.07) is 61.5. The minimum atomic E-state index is 0.0898. The smallest absolute Gasteiger partial charge is 0.0464 e. The van der Waals surface area contributed by atoms with Gasteiger partial charge in [-0.25, -0.2) is 0 Å². The van der Waals surface area contributed by atoms with Gasteiger partial charge in [0.05, 0.1) is 0 Å². The van der Waals surface area contributed by atoms with Gasteiger partial charge in [0.15, 0.2) is 0 Å². The van der Waals surface area contributed by atoms with E-state index < -0.39 is 0 Å². The number of benzene rings is 7. The lowest BCUT2D eigenvalue weighted by Crippen LogP contribution is -2.23. The van der Waals surface area contributed by atoms with E-state index in [1.54, 1.807) is 0 Å². The van der Waals surface area contributed by atoms with Crippen LogP contribution in [0, 0.1) is 17.8 Å². The van der Waals surface area contributed by atoms with Crippen LogP contribution in [0.4, 0.5) is 17.1 Å². The molecule has 7 aromatic carbocycles. The van der Waals surface area contributed by atoms with Crippen LogP contribution in [-0.4, -0.2) is 0 Å². The number of nitrogens with zero attached hydrogens (tertiary/aromatic N) is 1. The van der Waals surface area contributed by atoms with Crippen molar-refractivity contribution in [2.24, 2.45) is 10.8 Å². The van der Waals surface area contributed by atoms with E-state index in [2.05, 4.69) is 183 Å². The average Bonchev–Trinajstić information content (AvgIpc) is 3.94. The molecule has 7 aromatic rings. The van der Waals surface area contributed by atoms with Gasteiger partial charge in [-0.15, -0.1) is 0 Å². The highest BCUT2D eigenvalue weighted by molar-refractivity contribution is 5.81. The highest BCUT2D eigenvalue weighted by Gasteiger charge is 2.66. The molecule has 0 amide bonds. The summed E-state index contributed by atoms with van der Waals surface area (Å²) in [6.07, 6.45) is 0. The number of anilines is 3. The maximum atomic E-state index is 2.59. The van der Waals surface area contributed by atoms with Crippen molar-refractivity contribution in [1.82, 2.24) is 0 Å². The van der Waals surface area contributed by atoms with Gasteiger partial charge in [0.25, 0.3) is 0 Å². The van der Waals surface area contributed by atoms with E-state index in [4.69, 9.17) is 0 Å². The van der Waals surface area contributed by atoms with Gasteiger partial charge in [-0.1, -0.05) is 141 Å². The Hall–Kier alpha value is -5.66. The molecule has 13 rings (SSSR count). The molecule has 6 aliphatic carbocycles. The SMILES string of the molecule is Cc1ccc(N(c2ccc3c(c2)C2c4ccccc4C4c5ccccc5C3C42C)c2ccc3c(c2)C2c4ccccc4C4c5ccccc5C3C42C)cc1. The second kappa shape index (κ2) is 9.90. The zero-order chi connectivity index (χ0) is 35.7. The Labute approximate surface area is 318 Å². The van der Waals surface area contributed by atoms with Crippen LogP contribution >= 0.6 is 0 Å². The van der Waals surface area contributed by atoms with E-state index in [0.29, 0.717) is 35.5 Å². The van der Waals surface area contributed by atoms with Gasteiger partial charge in [0.1, 0.15) is 0 Å². The van der Waals surface area contributed by atoms with Gasteiger partial charge in [-0.3, -0.25) is 0 Å². The van der Waals surface area contributed by atoms with Crippen molar-refractivity contribution in [3.63, 3.8) is 0 Å². The molecule has 0 aromatic heterocycles. The molecular weight excluding hydrogens is 651 g/mol. The molecule has 0 N–H and O–H groups in total. The lowest BCUT2D eigenvalue weighted by atomic mass is 9.70. The van der Waals surface area contributed by atoms with Crippen LogP contribution in [0.15, 0.2) is 158 Å². The minimum absolute atomic E-state index is 0.0898. The molecule has 0 heterocycles. The molecule has 8 unspecified atom stereocenters. The standard InChI is InChI=1S/C53H41N/c1-30-20-22-31(23-21-30)54(32-24-26-42-44(28-32)50-40-18-10-8-16-38(40)46-34-12-4-6-14-36(34)48(42)52(46,50)2)33-25-27-43-45(29-33)51-41-19-11-9-17-39(41)47-35-13-5-7-15-37(35)49(43)53(47,51)3/h4-29,46-51H,1-3H3. The van der Waals surface area contributed by atoms with Crippen LogP contribution in [0.2, 0.25) is 0 Å². The molecule has 6 aliphatic rings. The molecule has 0 saturated carbocycles. The molecule has 0 bridgehead atoms. The first-order valence-corrected chi connectivity index (χ1v) is 20.0. The normalized spacial score (nSPS) is 28.8. The van der Waals surface area contributed by atoms with E-state index in [0.717, 1.165) is 0 Å². The molecule has 54 heavy (non-hydrogen) atoms. The third kappa shape index (κ3) is 3.28. The fraction of sp³-hybridized carbons (Fsp3) is 0.208. The maximum absolute atomic E-state index is 2.59. The molecule has 0 saturated heterocycles. The first-order chi connectivity index (χ1) is 26.5. The number of rotatable bonds is 3. The summed E-state index contributed by atoms with van der Waals surface area (Å²) in [4.78, 5) is 2.55. The first kappa shape index (κ1) is 29.8. The quantitative estimate of drug-likeness (QED) is 0.178. The highest BCUT2D eigenvalue weighted by Crippen LogP contribution is 2.77. The molecule has 258 valence electrons. The Morgan fingerprint density at radius 3 is 0.889 bits per heavy atom. The predicted molar refractivity (Wildman–Crippen MR) is 219 cm³/mol. The van der Waals surface area contributed by atoms with E-state index in [1.165, 1.54) is 89.4 Å². The molecule has 8 atom stereocenters. The highest BCUT2D eigenvalue weighted by atomic mass is 15.1. The second-order valence-electron chi connectivity index (χ2n) is 17.6. The Kier molecular flexibility index (Phi) is 5.45. The summed E-state index contributed by atoms with van der Waals surface area (Å²) in [5.74, 6) is 2.35. The van der Waals surface area contributed by atoms with E-state index >= 15 is 0 Å². The van der Waals surface area contributed by atoms with Crippen LogP contribution < -0.4 is 4.90 Å². The summed E-state index contributed by atoms with van der Waals surface area (Å²) >= 11 is 0.